The van der Waals surface area contributed by atoms with Gasteiger partial charge in [-0.2, -0.15) is 11.8 Å². The van der Waals surface area contributed by atoms with Crippen molar-refractivity contribution in [3.05, 3.63) is 29.8 Å². The maximum atomic E-state index is 9.52. The number of rotatable bonds is 4. The zero-order chi connectivity index (χ0) is 9.80. The molecule has 0 spiro atoms. The quantitative estimate of drug-likeness (QED) is 0.793. The van der Waals surface area contributed by atoms with Crippen LogP contribution in [0.3, 0.4) is 0 Å². The third-order valence-electron chi connectivity index (χ3n) is 2.47. The smallest absolute Gasteiger partial charge is 0.119 e. The molecule has 1 saturated heterocycles. The Kier molecular flexibility index (Phi) is 3.32. The standard InChI is InChI=1S/C11H15NOS/c13-11-4-2-1-3-10(11)8-14-7-9-5-12-6-9/h1-4,9,12-13H,5-8H2. The molecule has 1 aliphatic heterocycles. The average molecular weight is 209 g/mol. The predicted molar refractivity (Wildman–Crippen MR) is 60.6 cm³/mol. The second-order valence-corrected chi connectivity index (χ2v) is 4.70. The van der Waals surface area contributed by atoms with E-state index in [0.29, 0.717) is 5.75 Å². The summed E-state index contributed by atoms with van der Waals surface area (Å²) in [6, 6.07) is 7.57. The fourth-order valence-corrected chi connectivity index (χ4v) is 2.59. The molecular formula is C11H15NOS. The molecule has 2 nitrogen and oxygen atoms in total. The Morgan fingerprint density at radius 2 is 2.14 bits per heavy atom. The van der Waals surface area contributed by atoms with E-state index in [1.807, 2.05) is 30.0 Å². The van der Waals surface area contributed by atoms with Crippen LogP contribution >= 0.6 is 11.8 Å². The number of thioether (sulfide) groups is 1. The monoisotopic (exact) mass is 209 g/mol. The van der Waals surface area contributed by atoms with Gasteiger partial charge in [0.25, 0.3) is 0 Å². The summed E-state index contributed by atoms with van der Waals surface area (Å²) in [6.07, 6.45) is 0. The topological polar surface area (TPSA) is 32.3 Å². The molecule has 0 bridgehead atoms. The molecule has 1 fully saturated rings. The van der Waals surface area contributed by atoms with E-state index < -0.39 is 0 Å². The Bertz CT molecular complexity index is 299. The van der Waals surface area contributed by atoms with Crippen molar-refractivity contribution in [2.75, 3.05) is 18.8 Å². The molecule has 3 heteroatoms. The number of aromatic hydroxyl groups is 1. The van der Waals surface area contributed by atoms with Gasteiger partial charge in [-0.1, -0.05) is 18.2 Å². The molecule has 2 rings (SSSR count). The summed E-state index contributed by atoms with van der Waals surface area (Å²) in [7, 11) is 0. The highest BCUT2D eigenvalue weighted by molar-refractivity contribution is 7.98. The van der Waals surface area contributed by atoms with Crippen molar-refractivity contribution in [2.24, 2.45) is 5.92 Å². The molecule has 0 saturated carbocycles. The molecule has 0 amide bonds. The van der Waals surface area contributed by atoms with Crippen molar-refractivity contribution < 1.29 is 5.11 Å². The van der Waals surface area contributed by atoms with Gasteiger partial charge in [0, 0.05) is 11.3 Å². The van der Waals surface area contributed by atoms with Crippen molar-refractivity contribution in [3.8, 4) is 5.75 Å². The zero-order valence-electron chi connectivity index (χ0n) is 8.07. The van der Waals surface area contributed by atoms with Gasteiger partial charge in [0.05, 0.1) is 0 Å². The van der Waals surface area contributed by atoms with Crippen LogP contribution in [0, 0.1) is 5.92 Å². The van der Waals surface area contributed by atoms with Gasteiger partial charge >= 0.3 is 0 Å². The average Bonchev–Trinajstić information content (AvgIpc) is 2.12. The van der Waals surface area contributed by atoms with Gasteiger partial charge in [0.2, 0.25) is 0 Å². The molecule has 0 radical (unpaired) electrons. The third kappa shape index (κ3) is 2.42. The predicted octanol–water partition coefficient (Wildman–Crippen LogP) is 1.84. The van der Waals surface area contributed by atoms with Crippen molar-refractivity contribution >= 4 is 11.8 Å². The summed E-state index contributed by atoms with van der Waals surface area (Å²) >= 11 is 1.90. The Hall–Kier alpha value is -0.670. The highest BCUT2D eigenvalue weighted by Crippen LogP contribution is 2.23. The molecule has 0 unspecified atom stereocenters. The summed E-state index contributed by atoms with van der Waals surface area (Å²) in [4.78, 5) is 0. The van der Waals surface area contributed by atoms with Gasteiger partial charge in [-0.3, -0.25) is 0 Å². The van der Waals surface area contributed by atoms with Gasteiger partial charge in [-0.15, -0.1) is 0 Å². The summed E-state index contributed by atoms with van der Waals surface area (Å²) in [6.45, 7) is 2.32. The minimum Gasteiger partial charge on any atom is -0.508 e. The molecule has 14 heavy (non-hydrogen) atoms. The Labute approximate surface area is 88.7 Å². The fraction of sp³-hybridized carbons (Fsp3) is 0.455. The van der Waals surface area contributed by atoms with Crippen LogP contribution < -0.4 is 5.32 Å². The molecule has 2 N–H and O–H groups in total. The Morgan fingerprint density at radius 3 is 2.79 bits per heavy atom. The normalized spacial score (nSPS) is 16.6. The highest BCUT2D eigenvalue weighted by Gasteiger charge is 2.16. The summed E-state index contributed by atoms with van der Waals surface area (Å²) in [5.41, 5.74) is 1.05. The first-order chi connectivity index (χ1) is 6.86. The second kappa shape index (κ2) is 4.71. The maximum absolute atomic E-state index is 9.52. The van der Waals surface area contributed by atoms with Gasteiger partial charge in [-0.05, 0) is 30.8 Å². The zero-order valence-corrected chi connectivity index (χ0v) is 8.89. The minimum absolute atomic E-state index is 0.423. The summed E-state index contributed by atoms with van der Waals surface area (Å²) in [5, 5.41) is 12.8. The van der Waals surface area contributed by atoms with Crippen LogP contribution in [-0.2, 0) is 5.75 Å². The maximum Gasteiger partial charge on any atom is 0.119 e. The number of hydrogen-bond donors (Lipinski definition) is 2. The summed E-state index contributed by atoms with van der Waals surface area (Å²) in [5.74, 6) is 3.38. The molecule has 1 heterocycles. The van der Waals surface area contributed by atoms with Gasteiger partial charge in [-0.25, -0.2) is 0 Å². The van der Waals surface area contributed by atoms with Crippen LogP contribution in [0.1, 0.15) is 5.56 Å². The molecule has 1 aromatic rings. The fourth-order valence-electron chi connectivity index (χ4n) is 1.43. The van der Waals surface area contributed by atoms with E-state index >= 15 is 0 Å². The molecule has 0 aromatic heterocycles. The van der Waals surface area contributed by atoms with E-state index in [1.165, 1.54) is 5.75 Å². The number of benzene rings is 1. The van der Waals surface area contributed by atoms with E-state index in [1.54, 1.807) is 6.07 Å². The molecule has 0 atom stereocenters. The van der Waals surface area contributed by atoms with Crippen molar-refractivity contribution in [3.63, 3.8) is 0 Å². The first-order valence-electron chi connectivity index (χ1n) is 4.91. The van der Waals surface area contributed by atoms with Gasteiger partial charge < -0.3 is 10.4 Å². The summed E-state index contributed by atoms with van der Waals surface area (Å²) < 4.78 is 0. The molecular weight excluding hydrogens is 194 g/mol. The van der Waals surface area contributed by atoms with E-state index in [0.717, 1.165) is 30.3 Å². The largest absolute Gasteiger partial charge is 0.508 e. The SMILES string of the molecule is Oc1ccccc1CSCC1CNC1. The number of phenols is 1. The van der Waals surface area contributed by atoms with Crippen molar-refractivity contribution in [2.45, 2.75) is 5.75 Å². The van der Waals surface area contributed by atoms with Crippen LogP contribution in [0.25, 0.3) is 0 Å². The Balaban J connectivity index is 1.76. The van der Waals surface area contributed by atoms with E-state index in [4.69, 9.17) is 0 Å². The molecule has 76 valence electrons. The lowest BCUT2D eigenvalue weighted by Gasteiger charge is -2.26. The van der Waals surface area contributed by atoms with E-state index in [-0.39, 0.29) is 0 Å². The van der Waals surface area contributed by atoms with Gasteiger partial charge in [0.1, 0.15) is 5.75 Å². The minimum atomic E-state index is 0.423. The molecule has 1 aliphatic rings. The molecule has 0 aliphatic carbocycles. The van der Waals surface area contributed by atoms with Crippen LogP contribution in [0.2, 0.25) is 0 Å². The van der Waals surface area contributed by atoms with Crippen molar-refractivity contribution in [1.29, 1.82) is 0 Å². The lowest BCUT2D eigenvalue weighted by molar-refractivity contribution is 0.385. The first kappa shape index (κ1) is 9.87. The highest BCUT2D eigenvalue weighted by atomic mass is 32.2. The lowest BCUT2D eigenvalue weighted by atomic mass is 10.1. The number of phenolic OH excluding ortho intramolecular Hbond substituents is 1. The Morgan fingerprint density at radius 1 is 1.36 bits per heavy atom. The third-order valence-corrected chi connectivity index (χ3v) is 3.69. The number of para-hydroxylation sites is 1. The lowest BCUT2D eigenvalue weighted by Crippen LogP contribution is -2.43. The van der Waals surface area contributed by atoms with Crippen LogP contribution in [0.15, 0.2) is 24.3 Å². The first-order valence-corrected chi connectivity index (χ1v) is 6.07. The van der Waals surface area contributed by atoms with Crippen LogP contribution in [-0.4, -0.2) is 23.9 Å². The molecule has 1 aromatic carbocycles. The van der Waals surface area contributed by atoms with Gasteiger partial charge in [0.15, 0.2) is 0 Å². The van der Waals surface area contributed by atoms with E-state index in [9.17, 15) is 5.11 Å². The number of hydrogen-bond acceptors (Lipinski definition) is 3. The van der Waals surface area contributed by atoms with Crippen molar-refractivity contribution in [1.82, 2.24) is 5.32 Å². The van der Waals surface area contributed by atoms with Crippen LogP contribution in [0.5, 0.6) is 5.75 Å². The number of nitrogens with one attached hydrogen (secondary N) is 1. The van der Waals surface area contributed by atoms with E-state index in [2.05, 4.69) is 5.32 Å². The van der Waals surface area contributed by atoms with Crippen LogP contribution in [0.4, 0.5) is 0 Å². The second-order valence-electron chi connectivity index (χ2n) is 3.67.